The van der Waals surface area contributed by atoms with Crippen molar-refractivity contribution >= 4 is 33.3 Å². The number of nitrogens with two attached hydrogens (primary N) is 1. The second-order valence-corrected chi connectivity index (χ2v) is 5.07. The van der Waals surface area contributed by atoms with Crippen molar-refractivity contribution in [2.24, 2.45) is 0 Å². The van der Waals surface area contributed by atoms with E-state index >= 15 is 0 Å². The Balaban J connectivity index is 1.84. The van der Waals surface area contributed by atoms with E-state index in [4.69, 9.17) is 5.73 Å². The molecule has 1 heterocycles. The summed E-state index contributed by atoms with van der Waals surface area (Å²) in [5.74, 6) is 0.468. The summed E-state index contributed by atoms with van der Waals surface area (Å²) in [5, 5.41) is 2.74. The zero-order chi connectivity index (χ0) is 13.7. The summed E-state index contributed by atoms with van der Waals surface area (Å²) in [7, 11) is 0. The fraction of sp³-hybridized carbons (Fsp3) is 0.143. The molecule has 0 bridgehead atoms. The summed E-state index contributed by atoms with van der Waals surface area (Å²) in [6.45, 7) is 0. The van der Waals surface area contributed by atoms with Crippen LogP contribution in [0, 0.1) is 0 Å². The van der Waals surface area contributed by atoms with Crippen LogP contribution in [0.3, 0.4) is 0 Å². The maximum absolute atomic E-state index is 11.7. The number of aryl methyl sites for hydroxylation is 1. The molecular weight excluding hydrogens is 306 g/mol. The van der Waals surface area contributed by atoms with Crippen molar-refractivity contribution in [3.8, 4) is 0 Å². The Kier molecular flexibility index (Phi) is 4.52. The maximum atomic E-state index is 11.7. The van der Waals surface area contributed by atoms with Gasteiger partial charge in [0.25, 0.3) is 0 Å². The van der Waals surface area contributed by atoms with E-state index in [9.17, 15) is 4.79 Å². The highest BCUT2D eigenvalue weighted by Crippen LogP contribution is 2.12. The van der Waals surface area contributed by atoms with E-state index in [-0.39, 0.29) is 5.91 Å². The molecule has 4 nitrogen and oxygen atoms in total. The van der Waals surface area contributed by atoms with Gasteiger partial charge in [-0.3, -0.25) is 4.79 Å². The molecule has 2 rings (SSSR count). The van der Waals surface area contributed by atoms with E-state index in [2.05, 4.69) is 26.2 Å². The van der Waals surface area contributed by atoms with Crippen LogP contribution in [-0.2, 0) is 11.2 Å². The highest BCUT2D eigenvalue weighted by molar-refractivity contribution is 9.10. The Morgan fingerprint density at radius 2 is 1.95 bits per heavy atom. The molecule has 0 atom stereocenters. The third-order valence-electron chi connectivity index (χ3n) is 2.61. The number of carbonyl (C=O) groups is 1. The van der Waals surface area contributed by atoms with Crippen molar-refractivity contribution < 1.29 is 4.79 Å². The van der Waals surface area contributed by atoms with Gasteiger partial charge in [-0.2, -0.15) is 0 Å². The lowest BCUT2D eigenvalue weighted by atomic mass is 10.1. The smallest absolute Gasteiger partial charge is 0.225 e. The fourth-order valence-corrected chi connectivity index (χ4v) is 1.86. The highest BCUT2D eigenvalue weighted by atomic mass is 79.9. The lowest BCUT2D eigenvalue weighted by molar-refractivity contribution is -0.116. The largest absolute Gasteiger partial charge is 0.397 e. The normalized spacial score (nSPS) is 10.2. The Hall–Kier alpha value is -1.88. The van der Waals surface area contributed by atoms with Gasteiger partial charge in [-0.25, -0.2) is 4.98 Å². The average Bonchev–Trinajstić information content (AvgIpc) is 2.41. The van der Waals surface area contributed by atoms with Gasteiger partial charge in [-0.1, -0.05) is 28.1 Å². The van der Waals surface area contributed by atoms with Crippen molar-refractivity contribution in [1.82, 2.24) is 4.98 Å². The summed E-state index contributed by atoms with van der Waals surface area (Å²) in [5.41, 5.74) is 7.23. The van der Waals surface area contributed by atoms with Crippen molar-refractivity contribution in [3.63, 3.8) is 0 Å². The Labute approximate surface area is 120 Å². The molecule has 1 amide bonds. The number of nitrogens with zero attached hydrogens (tertiary/aromatic N) is 1. The number of rotatable bonds is 4. The lowest BCUT2D eigenvalue weighted by Gasteiger charge is -2.05. The fourth-order valence-electron chi connectivity index (χ4n) is 1.59. The first-order valence-corrected chi connectivity index (χ1v) is 6.68. The van der Waals surface area contributed by atoms with Gasteiger partial charge in [-0.05, 0) is 36.2 Å². The van der Waals surface area contributed by atoms with Gasteiger partial charge in [-0.15, -0.1) is 0 Å². The number of pyridine rings is 1. The van der Waals surface area contributed by atoms with Gasteiger partial charge in [0, 0.05) is 10.9 Å². The minimum absolute atomic E-state index is 0.0554. The standard InChI is InChI=1S/C14H14BrN3O/c15-11-4-1-10(2-5-11)3-8-14(19)18-13-7-6-12(16)9-17-13/h1-2,4-7,9H,3,8,16H2,(H,17,18,19). The Bertz CT molecular complexity index is 552. The number of carbonyl (C=O) groups excluding carboxylic acids is 1. The van der Waals surface area contributed by atoms with Crippen LogP contribution in [0.15, 0.2) is 47.1 Å². The predicted molar refractivity (Wildman–Crippen MR) is 79.7 cm³/mol. The molecule has 5 heteroatoms. The van der Waals surface area contributed by atoms with Crippen LogP contribution >= 0.6 is 15.9 Å². The number of hydrogen-bond acceptors (Lipinski definition) is 3. The molecule has 0 spiro atoms. The molecule has 3 N–H and O–H groups in total. The number of hydrogen-bond donors (Lipinski definition) is 2. The average molecular weight is 320 g/mol. The Morgan fingerprint density at radius 3 is 2.58 bits per heavy atom. The number of halogens is 1. The third kappa shape index (κ3) is 4.37. The van der Waals surface area contributed by atoms with Gasteiger partial charge in [0.05, 0.1) is 11.9 Å². The minimum atomic E-state index is -0.0554. The lowest BCUT2D eigenvalue weighted by Crippen LogP contribution is -2.13. The molecule has 19 heavy (non-hydrogen) atoms. The number of nitrogen functional groups attached to an aromatic ring is 1. The van der Waals surface area contributed by atoms with E-state index < -0.39 is 0 Å². The second-order valence-electron chi connectivity index (χ2n) is 4.15. The minimum Gasteiger partial charge on any atom is -0.397 e. The molecule has 0 radical (unpaired) electrons. The molecule has 0 saturated carbocycles. The van der Waals surface area contributed by atoms with Crippen LogP contribution in [0.5, 0.6) is 0 Å². The quantitative estimate of drug-likeness (QED) is 0.910. The van der Waals surface area contributed by atoms with Crippen LogP contribution in [0.4, 0.5) is 11.5 Å². The first-order valence-electron chi connectivity index (χ1n) is 5.89. The molecule has 0 aliphatic heterocycles. The van der Waals surface area contributed by atoms with Crippen molar-refractivity contribution in [2.45, 2.75) is 12.8 Å². The number of amides is 1. The summed E-state index contributed by atoms with van der Waals surface area (Å²) in [6, 6.07) is 11.3. The van der Waals surface area contributed by atoms with Crippen LogP contribution in [0.1, 0.15) is 12.0 Å². The van der Waals surface area contributed by atoms with Crippen molar-refractivity contribution in [1.29, 1.82) is 0 Å². The van der Waals surface area contributed by atoms with Crippen LogP contribution in [0.25, 0.3) is 0 Å². The van der Waals surface area contributed by atoms with Gasteiger partial charge in [0.15, 0.2) is 0 Å². The summed E-state index contributed by atoms with van der Waals surface area (Å²) >= 11 is 3.38. The summed E-state index contributed by atoms with van der Waals surface area (Å²) < 4.78 is 1.03. The first-order chi connectivity index (χ1) is 9.13. The van der Waals surface area contributed by atoms with E-state index in [1.165, 1.54) is 6.20 Å². The third-order valence-corrected chi connectivity index (χ3v) is 3.14. The van der Waals surface area contributed by atoms with Gasteiger partial charge < -0.3 is 11.1 Å². The summed E-state index contributed by atoms with van der Waals surface area (Å²) in [6.07, 6.45) is 2.64. The number of anilines is 2. The summed E-state index contributed by atoms with van der Waals surface area (Å²) in [4.78, 5) is 15.8. The topological polar surface area (TPSA) is 68.0 Å². The molecular formula is C14H14BrN3O. The van der Waals surface area contributed by atoms with Crippen LogP contribution in [-0.4, -0.2) is 10.9 Å². The monoisotopic (exact) mass is 319 g/mol. The van der Waals surface area contributed by atoms with Crippen molar-refractivity contribution in [2.75, 3.05) is 11.1 Å². The number of aromatic nitrogens is 1. The van der Waals surface area contributed by atoms with E-state index in [1.54, 1.807) is 12.1 Å². The molecule has 0 unspecified atom stereocenters. The molecule has 1 aromatic heterocycles. The van der Waals surface area contributed by atoms with E-state index in [0.29, 0.717) is 24.3 Å². The zero-order valence-corrected chi connectivity index (χ0v) is 11.9. The van der Waals surface area contributed by atoms with Crippen LogP contribution in [0.2, 0.25) is 0 Å². The number of nitrogens with one attached hydrogen (secondary N) is 1. The molecule has 0 aliphatic rings. The molecule has 0 fully saturated rings. The molecule has 98 valence electrons. The van der Waals surface area contributed by atoms with Crippen molar-refractivity contribution in [3.05, 3.63) is 52.6 Å². The first kappa shape index (κ1) is 13.5. The number of benzene rings is 1. The second kappa shape index (κ2) is 6.33. The van der Waals surface area contributed by atoms with Gasteiger partial charge in [0.2, 0.25) is 5.91 Å². The molecule has 2 aromatic rings. The molecule has 0 saturated heterocycles. The van der Waals surface area contributed by atoms with Gasteiger partial charge >= 0.3 is 0 Å². The highest BCUT2D eigenvalue weighted by Gasteiger charge is 2.04. The van der Waals surface area contributed by atoms with E-state index in [0.717, 1.165) is 10.0 Å². The predicted octanol–water partition coefficient (Wildman–Crippen LogP) is 3.00. The van der Waals surface area contributed by atoms with E-state index in [1.807, 2.05) is 24.3 Å². The Morgan fingerprint density at radius 1 is 1.21 bits per heavy atom. The molecule has 1 aromatic carbocycles. The maximum Gasteiger partial charge on any atom is 0.225 e. The van der Waals surface area contributed by atoms with Gasteiger partial charge in [0.1, 0.15) is 5.82 Å². The molecule has 0 aliphatic carbocycles. The van der Waals surface area contributed by atoms with Crippen LogP contribution < -0.4 is 11.1 Å². The zero-order valence-electron chi connectivity index (χ0n) is 10.3. The SMILES string of the molecule is Nc1ccc(NC(=O)CCc2ccc(Br)cc2)nc1.